The molecular formula is C12H12O4. The average Bonchev–Trinajstić information content (AvgIpc) is 3.09. The summed E-state index contributed by atoms with van der Waals surface area (Å²) in [6.07, 6.45) is 2.89. The number of epoxide rings is 1. The highest BCUT2D eigenvalue weighted by atomic mass is 16.6. The summed E-state index contributed by atoms with van der Waals surface area (Å²) in [5.41, 5.74) is 0.831. The van der Waals surface area contributed by atoms with Gasteiger partial charge in [0.2, 0.25) is 0 Å². The zero-order valence-corrected chi connectivity index (χ0v) is 8.63. The van der Waals surface area contributed by atoms with Crippen molar-refractivity contribution in [2.24, 2.45) is 0 Å². The molecule has 1 N–H and O–H groups in total. The first-order chi connectivity index (χ1) is 7.74. The lowest BCUT2D eigenvalue weighted by Crippen LogP contribution is -2.03. The zero-order chi connectivity index (χ0) is 11.4. The van der Waals surface area contributed by atoms with Crippen LogP contribution < -0.4 is 4.74 Å². The molecule has 2 rings (SSSR count). The van der Waals surface area contributed by atoms with E-state index < -0.39 is 5.97 Å². The van der Waals surface area contributed by atoms with Gasteiger partial charge in [0.25, 0.3) is 0 Å². The predicted octanol–water partition coefficient (Wildman–Crippen LogP) is 1.56. The smallest absolute Gasteiger partial charge is 0.328 e. The predicted molar refractivity (Wildman–Crippen MR) is 58.3 cm³/mol. The molecule has 1 aromatic carbocycles. The van der Waals surface area contributed by atoms with E-state index in [4.69, 9.17) is 14.6 Å². The van der Waals surface area contributed by atoms with E-state index in [0.29, 0.717) is 6.61 Å². The van der Waals surface area contributed by atoms with Crippen molar-refractivity contribution in [2.45, 2.75) is 6.10 Å². The molecule has 1 aliphatic rings. The van der Waals surface area contributed by atoms with Crippen molar-refractivity contribution in [2.75, 3.05) is 13.2 Å². The number of aliphatic carboxylic acids is 1. The molecule has 1 saturated heterocycles. The molecule has 0 saturated carbocycles. The molecule has 0 aromatic heterocycles. The van der Waals surface area contributed by atoms with Gasteiger partial charge in [-0.15, -0.1) is 0 Å². The summed E-state index contributed by atoms with van der Waals surface area (Å²) in [5, 5.41) is 8.46. The van der Waals surface area contributed by atoms with Gasteiger partial charge in [0.15, 0.2) is 0 Å². The van der Waals surface area contributed by atoms with Crippen LogP contribution in [-0.2, 0) is 9.53 Å². The minimum atomic E-state index is -0.953. The second-order valence-electron chi connectivity index (χ2n) is 3.51. The van der Waals surface area contributed by atoms with Crippen molar-refractivity contribution in [3.8, 4) is 5.75 Å². The number of carboxylic acids is 1. The lowest BCUT2D eigenvalue weighted by Gasteiger charge is -2.03. The molecule has 84 valence electrons. The van der Waals surface area contributed by atoms with Crippen LogP contribution in [-0.4, -0.2) is 30.4 Å². The maximum atomic E-state index is 10.3. The minimum absolute atomic E-state index is 0.242. The molecule has 0 radical (unpaired) electrons. The first kappa shape index (κ1) is 10.7. The highest BCUT2D eigenvalue weighted by Crippen LogP contribution is 2.16. The van der Waals surface area contributed by atoms with E-state index in [0.717, 1.165) is 24.0 Å². The Bertz CT molecular complexity index is 390. The SMILES string of the molecule is O=C(O)C=Cc1ccc(OCC2CO2)cc1. The van der Waals surface area contributed by atoms with Crippen molar-refractivity contribution in [1.29, 1.82) is 0 Å². The van der Waals surface area contributed by atoms with Crippen LogP contribution in [0.15, 0.2) is 30.3 Å². The standard InChI is InChI=1S/C12H12O4/c13-12(14)6-3-9-1-4-10(5-2-9)15-7-11-8-16-11/h1-6,11H,7-8H2,(H,13,14). The van der Waals surface area contributed by atoms with Gasteiger partial charge in [-0.3, -0.25) is 0 Å². The van der Waals surface area contributed by atoms with Gasteiger partial charge in [0.1, 0.15) is 18.5 Å². The molecule has 1 fully saturated rings. The number of ether oxygens (including phenoxy) is 2. The molecule has 0 amide bonds. The molecule has 1 aliphatic heterocycles. The van der Waals surface area contributed by atoms with Gasteiger partial charge in [-0.1, -0.05) is 12.1 Å². The summed E-state index contributed by atoms with van der Waals surface area (Å²) < 4.78 is 10.5. The van der Waals surface area contributed by atoms with Crippen LogP contribution in [0.4, 0.5) is 0 Å². The summed E-state index contributed by atoms with van der Waals surface area (Å²) in [6.45, 7) is 1.35. The molecule has 0 bridgehead atoms. The lowest BCUT2D eigenvalue weighted by molar-refractivity contribution is -0.131. The summed E-state index contributed by atoms with van der Waals surface area (Å²) in [4.78, 5) is 10.3. The fourth-order valence-corrected chi connectivity index (χ4v) is 1.20. The topological polar surface area (TPSA) is 59.1 Å². The number of hydrogen-bond acceptors (Lipinski definition) is 3. The number of rotatable bonds is 5. The maximum Gasteiger partial charge on any atom is 0.328 e. The summed E-state index contributed by atoms with van der Waals surface area (Å²) in [5.74, 6) is -0.186. The van der Waals surface area contributed by atoms with Gasteiger partial charge >= 0.3 is 5.97 Å². The van der Waals surface area contributed by atoms with E-state index >= 15 is 0 Å². The normalized spacial score (nSPS) is 18.6. The monoisotopic (exact) mass is 220 g/mol. The molecule has 1 unspecified atom stereocenters. The molecule has 4 heteroatoms. The second-order valence-corrected chi connectivity index (χ2v) is 3.51. The number of benzene rings is 1. The van der Waals surface area contributed by atoms with Crippen LogP contribution in [0.2, 0.25) is 0 Å². The number of carboxylic acid groups (broad SMARTS) is 1. The third kappa shape index (κ3) is 3.40. The molecule has 0 spiro atoms. The van der Waals surface area contributed by atoms with Crippen LogP contribution in [0.3, 0.4) is 0 Å². The Kier molecular flexibility index (Phi) is 3.22. The van der Waals surface area contributed by atoms with E-state index in [1.165, 1.54) is 6.08 Å². The Morgan fingerprint density at radius 2 is 2.19 bits per heavy atom. The molecule has 16 heavy (non-hydrogen) atoms. The Labute approximate surface area is 93.1 Å². The highest BCUT2D eigenvalue weighted by Gasteiger charge is 2.22. The summed E-state index contributed by atoms with van der Waals surface area (Å²) in [6, 6.07) is 7.23. The lowest BCUT2D eigenvalue weighted by atomic mass is 10.2. The van der Waals surface area contributed by atoms with E-state index in [9.17, 15) is 4.79 Å². The van der Waals surface area contributed by atoms with E-state index in [1.54, 1.807) is 0 Å². The van der Waals surface area contributed by atoms with Crippen molar-refractivity contribution in [1.82, 2.24) is 0 Å². The highest BCUT2D eigenvalue weighted by molar-refractivity contribution is 5.85. The Hall–Kier alpha value is -1.81. The molecule has 0 aliphatic carbocycles. The van der Waals surface area contributed by atoms with Gasteiger partial charge in [0.05, 0.1) is 6.61 Å². The first-order valence-corrected chi connectivity index (χ1v) is 4.99. The minimum Gasteiger partial charge on any atom is -0.491 e. The fourth-order valence-electron chi connectivity index (χ4n) is 1.20. The van der Waals surface area contributed by atoms with E-state index in [1.807, 2.05) is 24.3 Å². The van der Waals surface area contributed by atoms with Gasteiger partial charge in [-0.25, -0.2) is 4.79 Å². The quantitative estimate of drug-likeness (QED) is 0.604. The van der Waals surface area contributed by atoms with Crippen LogP contribution >= 0.6 is 0 Å². The molecule has 4 nitrogen and oxygen atoms in total. The average molecular weight is 220 g/mol. The Balaban J connectivity index is 1.89. The third-order valence-electron chi connectivity index (χ3n) is 2.14. The number of hydrogen-bond donors (Lipinski definition) is 1. The van der Waals surface area contributed by atoms with Crippen LogP contribution in [0.5, 0.6) is 5.75 Å². The summed E-state index contributed by atoms with van der Waals surface area (Å²) in [7, 11) is 0. The third-order valence-corrected chi connectivity index (χ3v) is 2.14. The van der Waals surface area contributed by atoms with Gasteiger partial charge in [-0.2, -0.15) is 0 Å². The van der Waals surface area contributed by atoms with Gasteiger partial charge in [-0.05, 0) is 23.8 Å². The summed E-state index contributed by atoms with van der Waals surface area (Å²) >= 11 is 0. The van der Waals surface area contributed by atoms with Crippen molar-refractivity contribution >= 4 is 12.0 Å². The van der Waals surface area contributed by atoms with Crippen molar-refractivity contribution in [3.05, 3.63) is 35.9 Å². The van der Waals surface area contributed by atoms with Crippen LogP contribution in [0.25, 0.3) is 6.08 Å². The molecule has 1 aromatic rings. The molecule has 1 heterocycles. The Morgan fingerprint density at radius 3 is 2.75 bits per heavy atom. The fraction of sp³-hybridized carbons (Fsp3) is 0.250. The van der Waals surface area contributed by atoms with Crippen molar-refractivity contribution in [3.63, 3.8) is 0 Å². The molecule has 1 atom stereocenters. The van der Waals surface area contributed by atoms with Crippen LogP contribution in [0, 0.1) is 0 Å². The number of carbonyl (C=O) groups is 1. The van der Waals surface area contributed by atoms with E-state index in [-0.39, 0.29) is 6.10 Å². The van der Waals surface area contributed by atoms with Gasteiger partial charge in [0, 0.05) is 6.08 Å². The molecular weight excluding hydrogens is 208 g/mol. The van der Waals surface area contributed by atoms with E-state index in [2.05, 4.69) is 0 Å². The second kappa shape index (κ2) is 4.81. The first-order valence-electron chi connectivity index (χ1n) is 4.99. The van der Waals surface area contributed by atoms with Crippen molar-refractivity contribution < 1.29 is 19.4 Å². The van der Waals surface area contributed by atoms with Crippen LogP contribution in [0.1, 0.15) is 5.56 Å². The maximum absolute atomic E-state index is 10.3. The van der Waals surface area contributed by atoms with Gasteiger partial charge < -0.3 is 14.6 Å². The largest absolute Gasteiger partial charge is 0.491 e. The Morgan fingerprint density at radius 1 is 1.50 bits per heavy atom. The zero-order valence-electron chi connectivity index (χ0n) is 8.63.